The van der Waals surface area contributed by atoms with Crippen molar-refractivity contribution in [3.8, 4) is 0 Å². The fraction of sp³-hybridized carbons (Fsp3) is 0.294. The van der Waals surface area contributed by atoms with E-state index in [0.717, 1.165) is 25.7 Å². The van der Waals surface area contributed by atoms with Gasteiger partial charge in [-0.2, -0.15) is 23.3 Å². The molecule has 194 valence electrons. The summed E-state index contributed by atoms with van der Waals surface area (Å²) < 4.78 is 0. The van der Waals surface area contributed by atoms with E-state index in [4.69, 9.17) is 0 Å². The van der Waals surface area contributed by atoms with Crippen LogP contribution in [0.4, 0.5) is 0 Å². The van der Waals surface area contributed by atoms with Crippen molar-refractivity contribution in [2.75, 3.05) is 0 Å². The minimum Gasteiger partial charge on any atom is -1.00 e. The Kier molecular flexibility index (Phi) is 17.0. The molecule has 2 aromatic rings. The minimum atomic E-state index is 0. The summed E-state index contributed by atoms with van der Waals surface area (Å²) in [6.45, 7) is 10.9. The van der Waals surface area contributed by atoms with Crippen molar-refractivity contribution in [1.82, 2.24) is 0 Å². The molecule has 0 saturated heterocycles. The Hall–Kier alpha value is -1.66. The molecule has 0 atom stereocenters. The molecule has 0 amide bonds. The second kappa shape index (κ2) is 17.8. The van der Waals surface area contributed by atoms with Gasteiger partial charge in [0.2, 0.25) is 0 Å². The van der Waals surface area contributed by atoms with Gasteiger partial charge >= 0.3 is 26.2 Å². The third-order valence-electron chi connectivity index (χ3n) is 6.57. The van der Waals surface area contributed by atoms with Crippen LogP contribution in [0.2, 0.25) is 0 Å². The molecule has 5 rings (SSSR count). The molecule has 0 nitrogen and oxygen atoms in total. The van der Waals surface area contributed by atoms with Gasteiger partial charge < -0.3 is 24.8 Å². The molecule has 0 radical (unpaired) electrons. The Morgan fingerprint density at radius 1 is 0.676 bits per heavy atom. The van der Waals surface area contributed by atoms with Gasteiger partial charge in [-0.25, -0.2) is 28.9 Å². The second-order valence-corrected chi connectivity index (χ2v) is 9.57. The van der Waals surface area contributed by atoms with Crippen LogP contribution in [0.15, 0.2) is 113 Å². The van der Waals surface area contributed by atoms with Crippen molar-refractivity contribution in [2.24, 2.45) is 5.41 Å². The van der Waals surface area contributed by atoms with Crippen LogP contribution in [-0.2, 0) is 39.0 Å². The Bertz CT molecular complexity index is 1060. The van der Waals surface area contributed by atoms with E-state index < -0.39 is 0 Å². The summed E-state index contributed by atoms with van der Waals surface area (Å²) >= 11 is 0. The van der Waals surface area contributed by atoms with Crippen LogP contribution in [0, 0.1) is 23.6 Å². The van der Waals surface area contributed by atoms with Gasteiger partial charge in [-0.15, -0.1) is 19.8 Å². The van der Waals surface area contributed by atoms with Gasteiger partial charge in [-0.1, -0.05) is 93.8 Å². The number of hydrogen-bond donors (Lipinski definition) is 0. The zero-order valence-corrected chi connectivity index (χ0v) is 26.6. The van der Waals surface area contributed by atoms with E-state index in [1.165, 1.54) is 39.0 Å². The van der Waals surface area contributed by atoms with Crippen molar-refractivity contribution in [3.63, 3.8) is 0 Å². The Balaban J connectivity index is 0.000000508. The molecular formula is C34H37Cl2Zr-3. The van der Waals surface area contributed by atoms with E-state index in [1.54, 1.807) is 0 Å². The van der Waals surface area contributed by atoms with E-state index in [1.807, 2.05) is 12.1 Å². The molecule has 2 aromatic carbocycles. The summed E-state index contributed by atoms with van der Waals surface area (Å²) in [7, 11) is 0. The summed E-state index contributed by atoms with van der Waals surface area (Å²) in [6, 6.07) is 21.0. The molecule has 0 aliphatic heterocycles. The van der Waals surface area contributed by atoms with Gasteiger partial charge in [-0.05, 0) is 24.0 Å². The number of allylic oxidation sites excluding steroid dienone is 12. The van der Waals surface area contributed by atoms with Gasteiger partial charge in [0.05, 0.1) is 0 Å². The number of rotatable bonds is 4. The molecule has 0 spiro atoms. The van der Waals surface area contributed by atoms with Crippen molar-refractivity contribution in [1.29, 1.82) is 0 Å². The van der Waals surface area contributed by atoms with Crippen LogP contribution >= 0.6 is 0 Å². The van der Waals surface area contributed by atoms with Crippen molar-refractivity contribution in [3.05, 3.63) is 142 Å². The molecule has 3 heteroatoms. The first kappa shape index (κ1) is 35.3. The predicted molar refractivity (Wildman–Crippen MR) is 146 cm³/mol. The molecule has 0 aromatic heterocycles. The molecule has 0 N–H and O–H groups in total. The summed E-state index contributed by atoms with van der Waals surface area (Å²) in [5.74, 6) is 0. The zero-order valence-electron chi connectivity index (χ0n) is 22.7. The number of halogens is 2. The van der Waals surface area contributed by atoms with Gasteiger partial charge in [0.15, 0.2) is 0 Å². The van der Waals surface area contributed by atoms with Crippen LogP contribution < -0.4 is 24.8 Å². The maximum Gasteiger partial charge on any atom is 2.00 e. The SMILES string of the molecule is CC1=[C-]C(C)(C)C(C)=C1C.[C-]1=C(Cc2ccccc2)C=CC1.[C-]1=C(Cc2ccccc2)C=CC1.[Cl-].[Cl-].[Zr+2]. The third kappa shape index (κ3) is 11.7. The maximum atomic E-state index is 3.44. The molecule has 0 unspecified atom stereocenters. The third-order valence-corrected chi connectivity index (χ3v) is 6.57. The number of hydrogen-bond acceptors (Lipinski definition) is 0. The van der Waals surface area contributed by atoms with Crippen molar-refractivity contribution < 1.29 is 51.0 Å². The van der Waals surface area contributed by atoms with Crippen LogP contribution in [0.25, 0.3) is 0 Å². The monoisotopic (exact) mass is 605 g/mol. The van der Waals surface area contributed by atoms with Gasteiger partial charge in [-0.3, -0.25) is 18.2 Å². The number of benzene rings is 2. The Morgan fingerprint density at radius 3 is 1.32 bits per heavy atom. The topological polar surface area (TPSA) is 0 Å². The summed E-state index contributed by atoms with van der Waals surface area (Å²) in [5.41, 5.74) is 9.77. The quantitative estimate of drug-likeness (QED) is 0.470. The second-order valence-electron chi connectivity index (χ2n) is 9.57. The first-order chi connectivity index (χ1) is 16.3. The molecular weight excluding hydrogens is 571 g/mol. The summed E-state index contributed by atoms with van der Waals surface area (Å²) in [5, 5.41) is 0. The van der Waals surface area contributed by atoms with Gasteiger partial charge in [0, 0.05) is 0 Å². The molecule has 0 bridgehead atoms. The molecule has 0 heterocycles. The average Bonchev–Trinajstić information content (AvgIpc) is 3.57. The average molecular weight is 608 g/mol. The maximum absolute atomic E-state index is 3.44. The Morgan fingerprint density at radius 2 is 1.08 bits per heavy atom. The largest absolute Gasteiger partial charge is 2.00 e. The van der Waals surface area contributed by atoms with E-state index >= 15 is 0 Å². The first-order valence-electron chi connectivity index (χ1n) is 12.3. The first-order valence-corrected chi connectivity index (χ1v) is 12.3. The van der Waals surface area contributed by atoms with Crippen molar-refractivity contribution in [2.45, 2.75) is 60.3 Å². The zero-order chi connectivity index (χ0) is 24.4. The fourth-order valence-corrected chi connectivity index (χ4v) is 4.18. The van der Waals surface area contributed by atoms with Crippen LogP contribution in [0.1, 0.15) is 58.6 Å². The molecule has 0 fully saturated rings. The van der Waals surface area contributed by atoms with E-state index in [0.29, 0.717) is 0 Å². The molecule has 3 aliphatic rings. The minimum absolute atomic E-state index is 0. The fourth-order valence-electron chi connectivity index (χ4n) is 4.18. The van der Waals surface area contributed by atoms with Crippen LogP contribution in [0.3, 0.4) is 0 Å². The van der Waals surface area contributed by atoms with Gasteiger partial charge in [0.25, 0.3) is 0 Å². The van der Waals surface area contributed by atoms with Crippen LogP contribution in [-0.4, -0.2) is 0 Å². The van der Waals surface area contributed by atoms with Crippen LogP contribution in [0.5, 0.6) is 0 Å². The molecule has 0 saturated carbocycles. The van der Waals surface area contributed by atoms with E-state index in [9.17, 15) is 0 Å². The Labute approximate surface area is 257 Å². The van der Waals surface area contributed by atoms with E-state index in [2.05, 4.69) is 126 Å². The van der Waals surface area contributed by atoms with Crippen molar-refractivity contribution >= 4 is 0 Å². The smallest absolute Gasteiger partial charge is 1.00 e. The van der Waals surface area contributed by atoms with Gasteiger partial charge in [0.1, 0.15) is 0 Å². The standard InChI is InChI=1S/2C12H11.C10H15.2ClH.Zr/c2*1-2-6-11(7-3-1)10-12-8-4-5-9-12;1-7-6-10(4,5)9(3)8(7)2;;;/h2*1-4,6-8H,5,10H2;1-5H3;2*1H;/q3*-1;;;+2/p-2. The summed E-state index contributed by atoms with van der Waals surface area (Å²) in [4.78, 5) is 0. The predicted octanol–water partition coefficient (Wildman–Crippen LogP) is 2.95. The normalized spacial score (nSPS) is 16.0. The van der Waals surface area contributed by atoms with E-state index in [-0.39, 0.29) is 56.4 Å². The summed E-state index contributed by atoms with van der Waals surface area (Å²) in [6.07, 6.45) is 22.7. The molecule has 37 heavy (non-hydrogen) atoms. The molecule has 3 aliphatic carbocycles.